The van der Waals surface area contributed by atoms with Gasteiger partial charge in [0.1, 0.15) is 0 Å². The monoisotopic (exact) mass is 227 g/mol. The van der Waals surface area contributed by atoms with Gasteiger partial charge in [0, 0.05) is 14.1 Å². The van der Waals surface area contributed by atoms with E-state index < -0.39 is 8.07 Å². The minimum Gasteiger partial charge on any atom is -0.469 e. The molecular formula is C11H21NO2Si. The Balaban J connectivity index is 2.12. The summed E-state index contributed by atoms with van der Waals surface area (Å²) in [6.45, 7) is 7.12. The molecule has 2 fully saturated rings. The molecule has 2 N–H and O–H groups in total. The van der Waals surface area contributed by atoms with Gasteiger partial charge < -0.3 is 10.5 Å². The van der Waals surface area contributed by atoms with Crippen LogP contribution < -0.4 is 5.73 Å². The largest absolute Gasteiger partial charge is 0.469 e. The Morgan fingerprint density at radius 3 is 2.33 bits per heavy atom. The molecule has 0 spiro atoms. The van der Waals surface area contributed by atoms with Crippen molar-refractivity contribution in [1.29, 1.82) is 0 Å². The number of ether oxygens (including phenoxy) is 1. The number of rotatable bonds is 2. The highest BCUT2D eigenvalue weighted by Crippen LogP contribution is 2.67. The standard InChI is InChI=1S/C11H21NO2Si/c1-14-11(13)6-5-7(12)9-8(6)10(9)15(2,3)4/h6-10H,5,12H2,1-4H3/t6-,7+,8+,9-,10?/m0/s1. The van der Waals surface area contributed by atoms with Crippen LogP contribution in [0.2, 0.25) is 25.2 Å². The normalized spacial score (nSPS) is 43.7. The van der Waals surface area contributed by atoms with Crippen molar-refractivity contribution in [3.63, 3.8) is 0 Å². The van der Waals surface area contributed by atoms with Crippen LogP contribution in [0.4, 0.5) is 0 Å². The van der Waals surface area contributed by atoms with Crippen LogP contribution >= 0.6 is 0 Å². The van der Waals surface area contributed by atoms with Gasteiger partial charge in [0.25, 0.3) is 0 Å². The molecule has 0 saturated heterocycles. The zero-order valence-electron chi connectivity index (χ0n) is 9.99. The molecule has 3 nitrogen and oxygen atoms in total. The second-order valence-corrected chi connectivity index (χ2v) is 11.5. The molecule has 0 aliphatic heterocycles. The van der Waals surface area contributed by atoms with E-state index in [9.17, 15) is 4.79 Å². The summed E-state index contributed by atoms with van der Waals surface area (Å²) >= 11 is 0. The highest BCUT2D eigenvalue weighted by molar-refractivity contribution is 6.78. The van der Waals surface area contributed by atoms with Gasteiger partial charge in [-0.05, 0) is 23.8 Å². The first-order valence-corrected chi connectivity index (χ1v) is 9.29. The maximum Gasteiger partial charge on any atom is 0.309 e. The molecule has 1 unspecified atom stereocenters. The summed E-state index contributed by atoms with van der Waals surface area (Å²) in [4.78, 5) is 11.6. The fourth-order valence-corrected chi connectivity index (χ4v) is 6.72. The lowest BCUT2D eigenvalue weighted by molar-refractivity contribution is -0.146. The molecule has 0 aromatic heterocycles. The number of methoxy groups -OCH3 is 1. The molecule has 86 valence electrons. The van der Waals surface area contributed by atoms with Crippen molar-refractivity contribution < 1.29 is 9.53 Å². The predicted octanol–water partition coefficient (Wildman–Crippen LogP) is 1.46. The van der Waals surface area contributed by atoms with Crippen molar-refractivity contribution in [2.45, 2.75) is 37.6 Å². The van der Waals surface area contributed by atoms with Crippen LogP contribution in [0.25, 0.3) is 0 Å². The Morgan fingerprint density at radius 1 is 1.33 bits per heavy atom. The fourth-order valence-electron chi connectivity index (χ4n) is 3.60. The lowest BCUT2D eigenvalue weighted by Gasteiger charge is -2.23. The minimum absolute atomic E-state index is 0.0429. The molecule has 0 aromatic rings. The number of hydrogen-bond acceptors (Lipinski definition) is 3. The summed E-state index contributed by atoms with van der Waals surface area (Å²) in [5.74, 6) is 1.20. The van der Waals surface area contributed by atoms with Gasteiger partial charge in [-0.15, -0.1) is 0 Å². The number of nitrogens with two attached hydrogens (primary N) is 1. The first-order valence-electron chi connectivity index (χ1n) is 5.71. The SMILES string of the molecule is COC(=O)[C@H]1C[C@@H](N)[C@@H]2C([Si](C)(C)C)[C@@H]21. The van der Waals surface area contributed by atoms with Crippen molar-refractivity contribution in [1.82, 2.24) is 0 Å². The van der Waals surface area contributed by atoms with Crippen LogP contribution in [0, 0.1) is 17.8 Å². The molecule has 2 aliphatic rings. The van der Waals surface area contributed by atoms with E-state index in [-0.39, 0.29) is 17.9 Å². The molecule has 2 aliphatic carbocycles. The Morgan fingerprint density at radius 2 is 1.93 bits per heavy atom. The molecule has 0 bridgehead atoms. The lowest BCUT2D eigenvalue weighted by atomic mass is 10.0. The van der Waals surface area contributed by atoms with Crippen molar-refractivity contribution in [3.8, 4) is 0 Å². The highest BCUT2D eigenvalue weighted by atomic mass is 28.3. The Hall–Kier alpha value is -0.353. The third-order valence-electron chi connectivity index (χ3n) is 4.12. The van der Waals surface area contributed by atoms with E-state index in [1.807, 2.05) is 0 Å². The molecule has 0 heterocycles. The van der Waals surface area contributed by atoms with Crippen LogP contribution in [0.5, 0.6) is 0 Å². The molecule has 2 saturated carbocycles. The molecule has 0 amide bonds. The fraction of sp³-hybridized carbons (Fsp3) is 0.909. The third kappa shape index (κ3) is 1.64. The Labute approximate surface area is 92.4 Å². The van der Waals surface area contributed by atoms with E-state index in [0.29, 0.717) is 11.8 Å². The molecule has 15 heavy (non-hydrogen) atoms. The smallest absolute Gasteiger partial charge is 0.309 e. The lowest BCUT2D eigenvalue weighted by Crippen LogP contribution is -2.32. The number of fused-ring (bicyclic) bond motifs is 1. The number of carbonyl (C=O) groups is 1. The van der Waals surface area contributed by atoms with E-state index in [2.05, 4.69) is 19.6 Å². The average Bonchev–Trinajstić information content (AvgIpc) is 2.80. The second kappa shape index (κ2) is 3.32. The summed E-state index contributed by atoms with van der Waals surface area (Å²) in [5, 5.41) is 0. The van der Waals surface area contributed by atoms with Crippen LogP contribution in [-0.2, 0) is 9.53 Å². The predicted molar refractivity (Wildman–Crippen MR) is 62.2 cm³/mol. The molecule has 2 rings (SSSR count). The van der Waals surface area contributed by atoms with Gasteiger partial charge in [-0.2, -0.15) is 0 Å². The van der Waals surface area contributed by atoms with E-state index in [1.54, 1.807) is 0 Å². The van der Waals surface area contributed by atoms with Crippen LogP contribution in [0.15, 0.2) is 0 Å². The van der Waals surface area contributed by atoms with Crippen LogP contribution in [-0.4, -0.2) is 27.2 Å². The topological polar surface area (TPSA) is 52.3 Å². The summed E-state index contributed by atoms with van der Waals surface area (Å²) in [6.07, 6.45) is 0.836. The molecule has 5 atom stereocenters. The molecule has 0 aromatic carbocycles. The highest BCUT2D eigenvalue weighted by Gasteiger charge is 2.67. The maximum atomic E-state index is 11.6. The first-order chi connectivity index (χ1) is 6.88. The van der Waals surface area contributed by atoms with Gasteiger partial charge in [-0.25, -0.2) is 0 Å². The zero-order chi connectivity index (χ0) is 11.4. The maximum absolute atomic E-state index is 11.6. The number of esters is 1. The minimum atomic E-state index is -1.15. The van der Waals surface area contributed by atoms with Gasteiger partial charge in [0.15, 0.2) is 0 Å². The van der Waals surface area contributed by atoms with E-state index >= 15 is 0 Å². The van der Waals surface area contributed by atoms with Gasteiger partial charge >= 0.3 is 5.97 Å². The molecule has 4 heteroatoms. The Kier molecular flexibility index (Phi) is 2.46. The number of carbonyl (C=O) groups excluding carboxylic acids is 1. The van der Waals surface area contributed by atoms with Crippen molar-refractivity contribution in [3.05, 3.63) is 0 Å². The van der Waals surface area contributed by atoms with E-state index in [0.717, 1.165) is 12.0 Å². The van der Waals surface area contributed by atoms with Gasteiger partial charge in [-0.1, -0.05) is 19.6 Å². The Bertz CT molecular complexity index is 287. The quantitative estimate of drug-likeness (QED) is 0.574. The van der Waals surface area contributed by atoms with Crippen molar-refractivity contribution in [2.24, 2.45) is 23.5 Å². The van der Waals surface area contributed by atoms with Crippen LogP contribution in [0.1, 0.15) is 6.42 Å². The summed E-state index contributed by atoms with van der Waals surface area (Å²) in [7, 11) is 0.330. The summed E-state index contributed by atoms with van der Waals surface area (Å²) in [6, 6.07) is 0.232. The summed E-state index contributed by atoms with van der Waals surface area (Å²) < 4.78 is 4.86. The third-order valence-corrected chi connectivity index (χ3v) is 6.89. The molecule has 0 radical (unpaired) electrons. The first kappa shape index (κ1) is 11.1. The van der Waals surface area contributed by atoms with Gasteiger partial charge in [-0.3, -0.25) is 4.79 Å². The zero-order valence-corrected chi connectivity index (χ0v) is 11.0. The molecular weight excluding hydrogens is 206 g/mol. The van der Waals surface area contributed by atoms with E-state index in [1.165, 1.54) is 7.11 Å². The van der Waals surface area contributed by atoms with Crippen LogP contribution in [0.3, 0.4) is 0 Å². The second-order valence-electron chi connectivity index (χ2n) is 6.08. The van der Waals surface area contributed by atoms with Gasteiger partial charge in [0.05, 0.1) is 13.0 Å². The average molecular weight is 227 g/mol. The van der Waals surface area contributed by atoms with Crippen molar-refractivity contribution in [2.75, 3.05) is 7.11 Å². The number of hydrogen-bond donors (Lipinski definition) is 1. The summed E-state index contributed by atoms with van der Waals surface area (Å²) in [5.41, 5.74) is 6.85. The van der Waals surface area contributed by atoms with E-state index in [4.69, 9.17) is 10.5 Å². The van der Waals surface area contributed by atoms with Gasteiger partial charge in [0.2, 0.25) is 0 Å². The van der Waals surface area contributed by atoms with Crippen molar-refractivity contribution >= 4 is 14.0 Å².